The zero-order valence-electron chi connectivity index (χ0n) is 19.9. The predicted octanol–water partition coefficient (Wildman–Crippen LogP) is 5.01. The molecular weight excluding hydrogens is 430 g/mol. The lowest BCUT2D eigenvalue weighted by Gasteiger charge is -2.10. The summed E-state index contributed by atoms with van der Waals surface area (Å²) in [4.78, 5) is 21.1. The number of aromatic nitrogens is 4. The van der Waals surface area contributed by atoms with Gasteiger partial charge in [0.2, 0.25) is 5.88 Å². The molecule has 8 nitrogen and oxygen atoms in total. The van der Waals surface area contributed by atoms with Crippen LogP contribution in [0, 0.1) is 34.6 Å². The summed E-state index contributed by atoms with van der Waals surface area (Å²) < 4.78 is 13.3. The molecule has 4 rings (SSSR count). The number of nitrogens with zero attached hydrogens (tertiary/aromatic N) is 4. The highest BCUT2D eigenvalue weighted by atomic mass is 16.5. The minimum atomic E-state index is -0.245. The third-order valence-electron chi connectivity index (χ3n) is 5.42. The van der Waals surface area contributed by atoms with Crippen molar-refractivity contribution in [2.75, 3.05) is 11.9 Å². The van der Waals surface area contributed by atoms with Crippen molar-refractivity contribution in [2.24, 2.45) is 0 Å². The van der Waals surface area contributed by atoms with E-state index >= 15 is 0 Å². The Labute approximate surface area is 198 Å². The third-order valence-corrected chi connectivity index (χ3v) is 5.42. The van der Waals surface area contributed by atoms with Gasteiger partial charge in [0.25, 0.3) is 5.91 Å². The summed E-state index contributed by atoms with van der Waals surface area (Å²) in [7, 11) is 0. The fourth-order valence-corrected chi connectivity index (χ4v) is 3.34. The summed E-state index contributed by atoms with van der Waals surface area (Å²) in [6.45, 7) is 9.75. The maximum Gasteiger partial charge on any atom is 0.262 e. The molecule has 0 bridgehead atoms. The summed E-state index contributed by atoms with van der Waals surface area (Å²) in [5, 5.41) is 7.38. The number of benzene rings is 2. The summed E-state index contributed by atoms with van der Waals surface area (Å²) in [6, 6.07) is 16.4. The Kier molecular flexibility index (Phi) is 6.58. The lowest BCUT2D eigenvalue weighted by Crippen LogP contribution is -2.20. The molecule has 0 fully saturated rings. The molecule has 174 valence electrons. The Bertz CT molecular complexity index is 1310. The van der Waals surface area contributed by atoms with Gasteiger partial charge in [-0.1, -0.05) is 17.7 Å². The number of aryl methyl sites for hydroxylation is 3. The van der Waals surface area contributed by atoms with E-state index in [1.807, 2.05) is 58.9 Å². The minimum Gasteiger partial charge on any atom is -0.484 e. The van der Waals surface area contributed by atoms with Crippen LogP contribution in [-0.2, 0) is 4.79 Å². The fraction of sp³-hybridized carbons (Fsp3) is 0.231. The fourth-order valence-electron chi connectivity index (χ4n) is 3.34. The number of carbonyl (C=O) groups is 1. The van der Waals surface area contributed by atoms with Crippen LogP contribution in [0.15, 0.2) is 54.6 Å². The molecule has 0 aliphatic rings. The van der Waals surface area contributed by atoms with Crippen LogP contribution in [0.1, 0.15) is 28.3 Å². The SMILES string of the molecule is Cc1ccc(OCC(=O)Nc2ccc(Oc3cc(-n4nc(C)c(C)c4C)nc(C)n3)cc2)cc1. The van der Waals surface area contributed by atoms with Crippen LogP contribution in [0.25, 0.3) is 5.82 Å². The molecule has 0 atom stereocenters. The molecule has 4 aromatic rings. The first-order chi connectivity index (χ1) is 16.3. The van der Waals surface area contributed by atoms with E-state index in [2.05, 4.69) is 20.4 Å². The Hall–Kier alpha value is -4.20. The maximum atomic E-state index is 12.2. The van der Waals surface area contributed by atoms with Crippen LogP contribution in [0.4, 0.5) is 5.69 Å². The van der Waals surface area contributed by atoms with Crippen molar-refractivity contribution in [2.45, 2.75) is 34.6 Å². The molecule has 0 radical (unpaired) electrons. The summed E-state index contributed by atoms with van der Waals surface area (Å²) in [6.07, 6.45) is 0. The quantitative estimate of drug-likeness (QED) is 0.419. The molecular formula is C26H27N5O3. The van der Waals surface area contributed by atoms with Gasteiger partial charge in [-0.05, 0) is 76.6 Å². The number of rotatable bonds is 7. The van der Waals surface area contributed by atoms with Crippen molar-refractivity contribution >= 4 is 11.6 Å². The summed E-state index contributed by atoms with van der Waals surface area (Å²) in [5.74, 6) is 2.63. The van der Waals surface area contributed by atoms with Gasteiger partial charge in [-0.3, -0.25) is 4.79 Å². The average molecular weight is 458 g/mol. The van der Waals surface area contributed by atoms with E-state index in [-0.39, 0.29) is 12.5 Å². The molecule has 0 saturated carbocycles. The number of hydrogen-bond donors (Lipinski definition) is 1. The predicted molar refractivity (Wildman–Crippen MR) is 130 cm³/mol. The van der Waals surface area contributed by atoms with E-state index < -0.39 is 0 Å². The number of anilines is 1. The van der Waals surface area contributed by atoms with E-state index in [9.17, 15) is 4.79 Å². The van der Waals surface area contributed by atoms with Crippen LogP contribution in [-0.4, -0.2) is 32.3 Å². The van der Waals surface area contributed by atoms with Gasteiger partial charge < -0.3 is 14.8 Å². The number of hydrogen-bond acceptors (Lipinski definition) is 6. The molecule has 8 heteroatoms. The Balaban J connectivity index is 1.39. The first kappa shape index (κ1) is 23.0. The Morgan fingerprint density at radius 1 is 0.912 bits per heavy atom. The van der Waals surface area contributed by atoms with Crippen LogP contribution in [0.3, 0.4) is 0 Å². The highest BCUT2D eigenvalue weighted by molar-refractivity contribution is 5.91. The minimum absolute atomic E-state index is 0.0733. The zero-order chi connectivity index (χ0) is 24.2. The van der Waals surface area contributed by atoms with E-state index in [1.165, 1.54) is 0 Å². The van der Waals surface area contributed by atoms with E-state index in [1.54, 1.807) is 35.0 Å². The normalized spacial score (nSPS) is 10.7. The van der Waals surface area contributed by atoms with E-state index in [0.717, 1.165) is 22.5 Å². The molecule has 1 amide bonds. The monoisotopic (exact) mass is 457 g/mol. The standard InChI is InChI=1S/C26H27N5O3/c1-16-6-10-22(11-7-16)33-15-25(32)29-21-8-12-23(13-9-21)34-26-14-24(27-20(5)28-26)31-19(4)17(2)18(3)30-31/h6-14H,15H2,1-5H3,(H,29,32). The molecule has 2 aromatic heterocycles. The Morgan fingerprint density at radius 3 is 2.24 bits per heavy atom. The lowest BCUT2D eigenvalue weighted by atomic mass is 10.2. The van der Waals surface area contributed by atoms with Gasteiger partial charge in [0.1, 0.15) is 17.3 Å². The molecule has 2 heterocycles. The molecule has 0 spiro atoms. The van der Waals surface area contributed by atoms with Gasteiger partial charge in [0.05, 0.1) is 5.69 Å². The summed E-state index contributed by atoms with van der Waals surface area (Å²) in [5.41, 5.74) is 4.88. The molecule has 0 aliphatic carbocycles. The Morgan fingerprint density at radius 2 is 1.59 bits per heavy atom. The van der Waals surface area contributed by atoms with Gasteiger partial charge in [-0.25, -0.2) is 9.67 Å². The molecule has 0 aliphatic heterocycles. The van der Waals surface area contributed by atoms with E-state index in [4.69, 9.17) is 9.47 Å². The highest BCUT2D eigenvalue weighted by Gasteiger charge is 2.13. The van der Waals surface area contributed by atoms with Crippen molar-refractivity contribution in [1.82, 2.24) is 19.7 Å². The number of ether oxygens (including phenoxy) is 2. The molecule has 1 N–H and O–H groups in total. The second-order valence-electron chi connectivity index (χ2n) is 8.10. The molecule has 0 saturated heterocycles. The van der Waals surface area contributed by atoms with Gasteiger partial charge in [0.15, 0.2) is 12.4 Å². The largest absolute Gasteiger partial charge is 0.484 e. The van der Waals surface area contributed by atoms with Crippen LogP contribution >= 0.6 is 0 Å². The number of carbonyl (C=O) groups excluding carboxylic acids is 1. The average Bonchev–Trinajstić information content (AvgIpc) is 3.07. The zero-order valence-corrected chi connectivity index (χ0v) is 19.9. The third kappa shape index (κ3) is 5.40. The number of nitrogens with one attached hydrogen (secondary N) is 1. The van der Waals surface area contributed by atoms with Crippen molar-refractivity contribution in [1.29, 1.82) is 0 Å². The smallest absolute Gasteiger partial charge is 0.262 e. The van der Waals surface area contributed by atoms with Gasteiger partial charge in [-0.15, -0.1) is 0 Å². The van der Waals surface area contributed by atoms with Gasteiger partial charge in [0, 0.05) is 17.4 Å². The second kappa shape index (κ2) is 9.74. The lowest BCUT2D eigenvalue weighted by molar-refractivity contribution is -0.118. The topological polar surface area (TPSA) is 91.2 Å². The maximum absolute atomic E-state index is 12.2. The first-order valence-electron chi connectivity index (χ1n) is 10.9. The van der Waals surface area contributed by atoms with Crippen LogP contribution in [0.5, 0.6) is 17.4 Å². The first-order valence-corrected chi connectivity index (χ1v) is 10.9. The highest BCUT2D eigenvalue weighted by Crippen LogP contribution is 2.24. The van der Waals surface area contributed by atoms with Gasteiger partial charge in [-0.2, -0.15) is 10.1 Å². The summed E-state index contributed by atoms with van der Waals surface area (Å²) >= 11 is 0. The van der Waals surface area contributed by atoms with Crippen molar-refractivity contribution in [3.63, 3.8) is 0 Å². The van der Waals surface area contributed by atoms with E-state index in [0.29, 0.717) is 34.7 Å². The van der Waals surface area contributed by atoms with Crippen molar-refractivity contribution < 1.29 is 14.3 Å². The van der Waals surface area contributed by atoms with Crippen molar-refractivity contribution in [3.8, 4) is 23.2 Å². The molecule has 0 unspecified atom stereocenters. The number of amides is 1. The van der Waals surface area contributed by atoms with Gasteiger partial charge >= 0.3 is 0 Å². The van der Waals surface area contributed by atoms with Crippen molar-refractivity contribution in [3.05, 3.63) is 82.9 Å². The van der Waals surface area contributed by atoms with Crippen LogP contribution < -0.4 is 14.8 Å². The molecule has 2 aromatic carbocycles. The van der Waals surface area contributed by atoms with Crippen LogP contribution in [0.2, 0.25) is 0 Å². The molecule has 34 heavy (non-hydrogen) atoms. The second-order valence-corrected chi connectivity index (χ2v) is 8.10.